The average molecular weight is 814 g/mol. The summed E-state index contributed by atoms with van der Waals surface area (Å²) in [5.41, 5.74) is 0. The smallest absolute Gasteiger partial charge is 0.249 e. The van der Waals surface area contributed by atoms with E-state index in [-0.39, 0.29) is 12.8 Å². The lowest BCUT2D eigenvalue weighted by atomic mass is 9.98. The summed E-state index contributed by atoms with van der Waals surface area (Å²) >= 11 is 0. The van der Waals surface area contributed by atoms with E-state index >= 15 is 0 Å². The van der Waals surface area contributed by atoms with Gasteiger partial charge in [-0.2, -0.15) is 0 Å². The molecule has 9 unspecified atom stereocenters. The summed E-state index contributed by atoms with van der Waals surface area (Å²) in [5, 5.41) is 75.6. The summed E-state index contributed by atoms with van der Waals surface area (Å²) in [5.74, 6) is -0.716. The molecule has 9 atom stereocenters. The van der Waals surface area contributed by atoms with E-state index in [0.717, 1.165) is 51.4 Å². The Morgan fingerprint density at radius 1 is 0.596 bits per heavy atom. The third-order valence-corrected chi connectivity index (χ3v) is 11.2. The molecule has 1 rings (SSSR count). The molecule has 11 heteroatoms. The van der Waals surface area contributed by atoms with Crippen molar-refractivity contribution in [3.05, 3.63) is 24.3 Å². The summed E-state index contributed by atoms with van der Waals surface area (Å²) in [7, 11) is 0. The quantitative estimate of drug-likeness (QED) is 0.0230. The maximum absolute atomic E-state index is 13.1. The number of amides is 1. The second kappa shape index (κ2) is 36.4. The van der Waals surface area contributed by atoms with Gasteiger partial charge in [0.25, 0.3) is 0 Å². The van der Waals surface area contributed by atoms with E-state index in [4.69, 9.17) is 9.47 Å². The molecule has 0 aromatic carbocycles. The lowest BCUT2D eigenvalue weighted by molar-refractivity contribution is -0.303. The second-order valence-electron chi connectivity index (χ2n) is 16.5. The van der Waals surface area contributed by atoms with Gasteiger partial charge in [-0.15, -0.1) is 0 Å². The monoisotopic (exact) mass is 814 g/mol. The highest BCUT2D eigenvalue weighted by atomic mass is 16.7. The van der Waals surface area contributed by atoms with Crippen molar-refractivity contribution in [2.45, 2.75) is 249 Å². The Kier molecular flexibility index (Phi) is 34.3. The molecule has 0 aromatic rings. The highest BCUT2D eigenvalue weighted by Crippen LogP contribution is 2.23. The zero-order valence-corrected chi connectivity index (χ0v) is 36.1. The van der Waals surface area contributed by atoms with Gasteiger partial charge >= 0.3 is 0 Å². The van der Waals surface area contributed by atoms with E-state index in [1.165, 1.54) is 103 Å². The Bertz CT molecular complexity index is 981. The molecular formula is C46H87NO10. The van der Waals surface area contributed by atoms with E-state index < -0.39 is 74.2 Å². The molecule has 1 aliphatic rings. The first-order valence-electron chi connectivity index (χ1n) is 23.2. The molecule has 0 saturated carbocycles. The number of aliphatic hydroxyl groups is 7. The minimum Gasteiger partial charge on any atom is -0.394 e. The van der Waals surface area contributed by atoms with Crippen molar-refractivity contribution in [2.24, 2.45) is 0 Å². The molecular weight excluding hydrogens is 727 g/mol. The van der Waals surface area contributed by atoms with Gasteiger partial charge in [-0.05, 0) is 64.2 Å². The van der Waals surface area contributed by atoms with E-state index in [2.05, 4.69) is 43.5 Å². The van der Waals surface area contributed by atoms with Crippen molar-refractivity contribution in [3.8, 4) is 0 Å². The minimum absolute atomic E-state index is 0.240. The summed E-state index contributed by atoms with van der Waals surface area (Å²) in [4.78, 5) is 13.1. The fourth-order valence-corrected chi connectivity index (χ4v) is 7.32. The number of ether oxygens (including phenoxy) is 2. The summed E-state index contributed by atoms with van der Waals surface area (Å²) in [6, 6.07) is -1.19. The molecule has 0 aromatic heterocycles. The van der Waals surface area contributed by atoms with Gasteiger partial charge in [0.2, 0.25) is 5.91 Å². The van der Waals surface area contributed by atoms with Gasteiger partial charge in [0.1, 0.15) is 36.6 Å². The van der Waals surface area contributed by atoms with Gasteiger partial charge in [0, 0.05) is 0 Å². The number of hydrogen-bond donors (Lipinski definition) is 8. The van der Waals surface area contributed by atoms with E-state index in [1.807, 2.05) is 0 Å². The van der Waals surface area contributed by atoms with Crippen molar-refractivity contribution >= 4 is 5.91 Å². The van der Waals surface area contributed by atoms with Gasteiger partial charge in [-0.3, -0.25) is 4.79 Å². The van der Waals surface area contributed by atoms with Gasteiger partial charge in [0.15, 0.2) is 6.29 Å². The Hall–Kier alpha value is -1.41. The lowest BCUT2D eigenvalue weighted by Gasteiger charge is -2.40. The van der Waals surface area contributed by atoms with Crippen LogP contribution in [0.4, 0.5) is 0 Å². The average Bonchev–Trinajstić information content (AvgIpc) is 3.21. The lowest BCUT2D eigenvalue weighted by Crippen LogP contribution is -2.60. The fourth-order valence-electron chi connectivity index (χ4n) is 7.32. The molecule has 57 heavy (non-hydrogen) atoms. The van der Waals surface area contributed by atoms with Crippen LogP contribution in [0.15, 0.2) is 24.3 Å². The standard InChI is InChI=1S/C46H87NO10/c1-3-5-7-9-11-13-15-17-19-21-23-25-27-29-31-33-38(49)41(51)37(36-56-46-44(54)43(53)42(52)40(35-48)57-46)47-45(55)39(50)34-32-30-28-26-24-22-20-18-16-14-12-10-8-6-4-2/h20,22,25,27,37-44,46,48-54H,3-19,21,23-24,26,28-36H2,1-2H3,(H,47,55)/b22-20-,27-25+. The van der Waals surface area contributed by atoms with Crippen LogP contribution in [0, 0.1) is 0 Å². The van der Waals surface area contributed by atoms with Crippen LogP contribution in [0.3, 0.4) is 0 Å². The van der Waals surface area contributed by atoms with Gasteiger partial charge < -0.3 is 50.5 Å². The van der Waals surface area contributed by atoms with Gasteiger partial charge in [-0.25, -0.2) is 0 Å². The first-order chi connectivity index (χ1) is 27.7. The number of allylic oxidation sites excluding steroid dienone is 4. The first kappa shape index (κ1) is 53.6. The van der Waals surface area contributed by atoms with Crippen molar-refractivity contribution in [1.82, 2.24) is 5.32 Å². The fraction of sp³-hybridized carbons (Fsp3) is 0.891. The van der Waals surface area contributed by atoms with Crippen LogP contribution in [0.2, 0.25) is 0 Å². The predicted molar refractivity (Wildman–Crippen MR) is 229 cm³/mol. The molecule has 1 aliphatic heterocycles. The minimum atomic E-state index is -1.67. The molecule has 1 fully saturated rings. The van der Waals surface area contributed by atoms with Crippen LogP contribution in [0.1, 0.15) is 194 Å². The van der Waals surface area contributed by atoms with Gasteiger partial charge in [-0.1, -0.05) is 154 Å². The number of hydrogen-bond acceptors (Lipinski definition) is 10. The topological polar surface area (TPSA) is 189 Å². The number of carbonyl (C=O) groups is 1. The highest BCUT2D eigenvalue weighted by Gasteiger charge is 2.44. The normalized spacial score (nSPS) is 22.3. The molecule has 8 N–H and O–H groups in total. The van der Waals surface area contributed by atoms with Crippen LogP contribution >= 0.6 is 0 Å². The van der Waals surface area contributed by atoms with Crippen LogP contribution in [-0.4, -0.2) is 110 Å². The van der Waals surface area contributed by atoms with Crippen LogP contribution in [0.5, 0.6) is 0 Å². The van der Waals surface area contributed by atoms with E-state index in [9.17, 15) is 40.5 Å². The molecule has 0 radical (unpaired) electrons. The van der Waals surface area contributed by atoms with Crippen molar-refractivity contribution in [3.63, 3.8) is 0 Å². The molecule has 0 spiro atoms. The number of unbranched alkanes of at least 4 members (excludes halogenated alkanes) is 22. The number of aliphatic hydroxyl groups excluding tert-OH is 7. The first-order valence-corrected chi connectivity index (χ1v) is 23.2. The highest BCUT2D eigenvalue weighted by molar-refractivity contribution is 5.80. The number of carbonyl (C=O) groups excluding carboxylic acids is 1. The van der Waals surface area contributed by atoms with Crippen LogP contribution < -0.4 is 5.32 Å². The van der Waals surface area contributed by atoms with Crippen molar-refractivity contribution in [1.29, 1.82) is 0 Å². The van der Waals surface area contributed by atoms with E-state index in [0.29, 0.717) is 12.8 Å². The Balaban J connectivity index is 2.50. The Morgan fingerprint density at radius 2 is 1.04 bits per heavy atom. The molecule has 1 saturated heterocycles. The number of nitrogens with one attached hydrogen (secondary N) is 1. The van der Waals surface area contributed by atoms with Crippen molar-refractivity contribution in [2.75, 3.05) is 13.2 Å². The maximum Gasteiger partial charge on any atom is 0.249 e. The summed E-state index contributed by atoms with van der Waals surface area (Å²) in [6.45, 7) is 3.41. The SMILES string of the molecule is CCCCCCCCC/C=C\CCCCCCC(O)C(=O)NC(COC1OC(CO)C(O)C(O)C1O)C(O)C(O)CCC/C=C/CCCCCCCCCCCC. The predicted octanol–water partition coefficient (Wildman–Crippen LogP) is 7.45. The van der Waals surface area contributed by atoms with Crippen LogP contribution in [0.25, 0.3) is 0 Å². The van der Waals surface area contributed by atoms with Crippen molar-refractivity contribution < 1.29 is 50.0 Å². The summed E-state index contributed by atoms with van der Waals surface area (Å²) in [6.07, 6.45) is 28.0. The Morgan fingerprint density at radius 3 is 1.51 bits per heavy atom. The maximum atomic E-state index is 13.1. The molecule has 1 amide bonds. The largest absolute Gasteiger partial charge is 0.394 e. The molecule has 0 bridgehead atoms. The van der Waals surface area contributed by atoms with Gasteiger partial charge in [0.05, 0.1) is 25.4 Å². The number of rotatable bonds is 38. The second-order valence-corrected chi connectivity index (χ2v) is 16.5. The summed E-state index contributed by atoms with van der Waals surface area (Å²) < 4.78 is 11.1. The molecule has 1 heterocycles. The zero-order valence-electron chi connectivity index (χ0n) is 36.1. The van der Waals surface area contributed by atoms with Crippen LogP contribution in [-0.2, 0) is 14.3 Å². The molecule has 11 nitrogen and oxygen atoms in total. The third-order valence-electron chi connectivity index (χ3n) is 11.2. The molecule has 336 valence electrons. The Labute approximate surface area is 346 Å². The third kappa shape index (κ3) is 26.4. The molecule has 0 aliphatic carbocycles. The van der Waals surface area contributed by atoms with E-state index in [1.54, 1.807) is 0 Å². The zero-order chi connectivity index (χ0) is 41.9.